The van der Waals surface area contributed by atoms with Crippen LogP contribution in [0.5, 0.6) is 0 Å². The standard InChI is InChI=1S/C5H13N3O/c1-9-8-4-2-6-7-3-5-8/h6-7H,2-5H2,1H3. The summed E-state index contributed by atoms with van der Waals surface area (Å²) in [4.78, 5) is 5.02. The summed E-state index contributed by atoms with van der Waals surface area (Å²) in [5, 5.41) is 1.92. The molecule has 1 rings (SSSR count). The van der Waals surface area contributed by atoms with Gasteiger partial charge in [0, 0.05) is 26.2 Å². The van der Waals surface area contributed by atoms with Crippen molar-refractivity contribution in [3.63, 3.8) is 0 Å². The Morgan fingerprint density at radius 1 is 1.22 bits per heavy atom. The van der Waals surface area contributed by atoms with Gasteiger partial charge in [0.05, 0.1) is 7.11 Å². The molecule has 9 heavy (non-hydrogen) atoms. The predicted molar refractivity (Wildman–Crippen MR) is 34.6 cm³/mol. The molecule has 2 N–H and O–H groups in total. The molecule has 0 aromatic heterocycles. The normalized spacial score (nSPS) is 23.7. The van der Waals surface area contributed by atoms with Crippen LogP contribution in [0.2, 0.25) is 0 Å². The second-order valence-corrected chi connectivity index (χ2v) is 1.97. The molecule has 0 aromatic carbocycles. The fraction of sp³-hybridized carbons (Fsp3) is 1.00. The number of hydrogen-bond donors (Lipinski definition) is 2. The lowest BCUT2D eigenvalue weighted by molar-refractivity contribution is -0.124. The molecule has 4 nitrogen and oxygen atoms in total. The molecule has 54 valence electrons. The van der Waals surface area contributed by atoms with E-state index in [0.717, 1.165) is 26.2 Å². The lowest BCUT2D eigenvalue weighted by atomic mass is 10.6. The number of hydroxylamine groups is 2. The largest absolute Gasteiger partial charge is 0.302 e. The lowest BCUT2D eigenvalue weighted by Crippen LogP contribution is -2.32. The Hall–Kier alpha value is -0.160. The smallest absolute Gasteiger partial charge is 0.0575 e. The van der Waals surface area contributed by atoms with Gasteiger partial charge in [-0.25, -0.2) is 0 Å². The van der Waals surface area contributed by atoms with Crippen LogP contribution < -0.4 is 10.9 Å². The molecule has 1 aliphatic rings. The van der Waals surface area contributed by atoms with Gasteiger partial charge in [0.1, 0.15) is 0 Å². The summed E-state index contributed by atoms with van der Waals surface area (Å²) in [6.45, 7) is 3.77. The Bertz CT molecular complexity index is 70.6. The van der Waals surface area contributed by atoms with Crippen molar-refractivity contribution in [2.45, 2.75) is 0 Å². The van der Waals surface area contributed by atoms with E-state index in [1.807, 2.05) is 5.06 Å². The Balaban J connectivity index is 2.18. The summed E-state index contributed by atoms with van der Waals surface area (Å²) in [6.07, 6.45) is 0. The third-order valence-corrected chi connectivity index (χ3v) is 1.36. The van der Waals surface area contributed by atoms with E-state index in [-0.39, 0.29) is 0 Å². The van der Waals surface area contributed by atoms with Crippen molar-refractivity contribution in [2.24, 2.45) is 0 Å². The molecule has 0 saturated carbocycles. The molecule has 1 fully saturated rings. The van der Waals surface area contributed by atoms with Gasteiger partial charge >= 0.3 is 0 Å². The highest BCUT2D eigenvalue weighted by Gasteiger charge is 2.04. The van der Waals surface area contributed by atoms with Crippen LogP contribution in [-0.2, 0) is 4.84 Å². The first kappa shape index (κ1) is 6.95. The number of hydrazine groups is 1. The quantitative estimate of drug-likeness (QED) is 0.476. The molecule has 1 aliphatic heterocycles. The van der Waals surface area contributed by atoms with Crippen LogP contribution in [0.15, 0.2) is 0 Å². The van der Waals surface area contributed by atoms with Gasteiger partial charge in [0.25, 0.3) is 0 Å². The van der Waals surface area contributed by atoms with Crippen molar-refractivity contribution in [1.29, 1.82) is 0 Å². The molecule has 0 amide bonds. The molecule has 0 atom stereocenters. The van der Waals surface area contributed by atoms with Crippen LogP contribution in [0.3, 0.4) is 0 Å². The Kier molecular flexibility index (Phi) is 2.93. The maximum atomic E-state index is 5.02. The average molecular weight is 131 g/mol. The monoisotopic (exact) mass is 131 g/mol. The lowest BCUT2D eigenvalue weighted by Gasteiger charge is -2.14. The van der Waals surface area contributed by atoms with E-state index >= 15 is 0 Å². The van der Waals surface area contributed by atoms with E-state index in [0.29, 0.717) is 0 Å². The van der Waals surface area contributed by atoms with E-state index < -0.39 is 0 Å². The van der Waals surface area contributed by atoms with Crippen LogP contribution in [0.1, 0.15) is 0 Å². The Morgan fingerprint density at radius 2 is 1.78 bits per heavy atom. The topological polar surface area (TPSA) is 36.5 Å². The van der Waals surface area contributed by atoms with Crippen molar-refractivity contribution in [1.82, 2.24) is 15.9 Å². The fourth-order valence-corrected chi connectivity index (χ4v) is 0.832. The maximum Gasteiger partial charge on any atom is 0.0575 e. The van der Waals surface area contributed by atoms with E-state index in [9.17, 15) is 0 Å². The molecule has 1 saturated heterocycles. The first-order valence-electron chi connectivity index (χ1n) is 3.18. The van der Waals surface area contributed by atoms with Crippen molar-refractivity contribution >= 4 is 0 Å². The van der Waals surface area contributed by atoms with E-state index in [1.54, 1.807) is 7.11 Å². The summed E-state index contributed by atoms with van der Waals surface area (Å²) < 4.78 is 0. The highest BCUT2D eigenvalue weighted by Crippen LogP contribution is 1.86. The van der Waals surface area contributed by atoms with E-state index in [2.05, 4.69) is 10.9 Å². The SMILES string of the molecule is CON1CCNNCC1. The van der Waals surface area contributed by atoms with Gasteiger partial charge in [-0.15, -0.1) is 0 Å². The molecule has 0 unspecified atom stereocenters. The molecule has 1 heterocycles. The third kappa shape index (κ3) is 2.28. The second kappa shape index (κ2) is 3.79. The van der Waals surface area contributed by atoms with E-state index in [4.69, 9.17) is 4.84 Å². The van der Waals surface area contributed by atoms with Crippen molar-refractivity contribution < 1.29 is 4.84 Å². The molecule has 0 bridgehead atoms. The number of rotatable bonds is 1. The highest BCUT2D eigenvalue weighted by atomic mass is 16.7. The Morgan fingerprint density at radius 3 is 2.22 bits per heavy atom. The molecule has 4 heteroatoms. The summed E-state index contributed by atoms with van der Waals surface area (Å²) in [6, 6.07) is 0. The minimum absolute atomic E-state index is 0.938. The second-order valence-electron chi connectivity index (χ2n) is 1.97. The molecule has 0 spiro atoms. The fourth-order valence-electron chi connectivity index (χ4n) is 0.832. The molecular weight excluding hydrogens is 118 g/mol. The van der Waals surface area contributed by atoms with Gasteiger partial charge in [0.15, 0.2) is 0 Å². The molecule has 0 aromatic rings. The minimum Gasteiger partial charge on any atom is -0.302 e. The summed E-state index contributed by atoms with van der Waals surface area (Å²) >= 11 is 0. The van der Waals surface area contributed by atoms with Gasteiger partial charge in [-0.2, -0.15) is 5.06 Å². The zero-order chi connectivity index (χ0) is 6.53. The van der Waals surface area contributed by atoms with Crippen LogP contribution in [-0.4, -0.2) is 38.4 Å². The molecule has 0 aliphatic carbocycles. The van der Waals surface area contributed by atoms with Crippen molar-refractivity contribution in [2.75, 3.05) is 33.3 Å². The maximum absolute atomic E-state index is 5.02. The van der Waals surface area contributed by atoms with Gasteiger partial charge in [-0.3, -0.25) is 10.9 Å². The average Bonchev–Trinajstić information content (AvgIpc) is 2.13. The van der Waals surface area contributed by atoms with E-state index in [1.165, 1.54) is 0 Å². The number of nitrogens with zero attached hydrogens (tertiary/aromatic N) is 1. The summed E-state index contributed by atoms with van der Waals surface area (Å²) in [5.74, 6) is 0. The highest BCUT2D eigenvalue weighted by molar-refractivity contribution is 4.55. The summed E-state index contributed by atoms with van der Waals surface area (Å²) in [5.41, 5.74) is 6.08. The van der Waals surface area contributed by atoms with Gasteiger partial charge in [-0.1, -0.05) is 0 Å². The number of nitrogens with one attached hydrogen (secondary N) is 2. The third-order valence-electron chi connectivity index (χ3n) is 1.36. The van der Waals surface area contributed by atoms with Crippen LogP contribution in [0.4, 0.5) is 0 Å². The van der Waals surface area contributed by atoms with Crippen LogP contribution in [0.25, 0.3) is 0 Å². The van der Waals surface area contributed by atoms with Gasteiger partial charge in [-0.05, 0) is 0 Å². The van der Waals surface area contributed by atoms with Crippen molar-refractivity contribution in [3.05, 3.63) is 0 Å². The molecular formula is C5H13N3O. The minimum atomic E-state index is 0.938. The first-order valence-corrected chi connectivity index (χ1v) is 3.18. The molecule has 0 radical (unpaired) electrons. The van der Waals surface area contributed by atoms with Crippen LogP contribution in [0, 0.1) is 0 Å². The summed E-state index contributed by atoms with van der Waals surface area (Å²) in [7, 11) is 1.70. The van der Waals surface area contributed by atoms with Crippen LogP contribution >= 0.6 is 0 Å². The predicted octanol–water partition coefficient (Wildman–Crippen LogP) is -1.04. The Labute approximate surface area is 55.1 Å². The number of hydrogen-bond acceptors (Lipinski definition) is 4. The zero-order valence-corrected chi connectivity index (χ0v) is 5.68. The first-order chi connectivity index (χ1) is 4.43. The van der Waals surface area contributed by atoms with Gasteiger partial charge < -0.3 is 4.84 Å². The van der Waals surface area contributed by atoms with Gasteiger partial charge in [0.2, 0.25) is 0 Å². The zero-order valence-electron chi connectivity index (χ0n) is 5.68. The van der Waals surface area contributed by atoms with Crippen molar-refractivity contribution in [3.8, 4) is 0 Å².